The minimum absolute atomic E-state index is 0.0410. The van der Waals surface area contributed by atoms with E-state index in [1.165, 1.54) is 0 Å². The molecular formula is C23H26N2O3. The second kappa shape index (κ2) is 8.59. The number of methoxy groups -OCH3 is 1. The SMILES string of the molecule is COc1ccc(C(=O)c2cccc3c2ccn3CCCN2CCOCC2)cc1. The Hall–Kier alpha value is -2.63. The summed E-state index contributed by atoms with van der Waals surface area (Å²) in [5.74, 6) is 0.792. The summed E-state index contributed by atoms with van der Waals surface area (Å²) in [6.45, 7) is 5.74. The smallest absolute Gasteiger partial charge is 0.193 e. The zero-order valence-electron chi connectivity index (χ0n) is 16.3. The fraction of sp³-hybridized carbons (Fsp3) is 0.348. The molecule has 1 aromatic heterocycles. The van der Waals surface area contributed by atoms with Gasteiger partial charge in [0.25, 0.3) is 0 Å². The van der Waals surface area contributed by atoms with E-state index in [9.17, 15) is 4.79 Å². The number of carbonyl (C=O) groups is 1. The second-order valence-electron chi connectivity index (χ2n) is 7.11. The van der Waals surface area contributed by atoms with Crippen molar-refractivity contribution in [3.63, 3.8) is 0 Å². The molecule has 3 aromatic rings. The molecule has 28 heavy (non-hydrogen) atoms. The van der Waals surface area contributed by atoms with Crippen molar-refractivity contribution in [2.45, 2.75) is 13.0 Å². The Morgan fingerprint density at radius 2 is 1.82 bits per heavy atom. The largest absolute Gasteiger partial charge is 0.497 e. The molecule has 0 amide bonds. The molecule has 0 radical (unpaired) electrons. The summed E-state index contributed by atoms with van der Waals surface area (Å²) >= 11 is 0. The Labute approximate surface area is 165 Å². The Morgan fingerprint density at radius 1 is 1.04 bits per heavy atom. The first-order valence-electron chi connectivity index (χ1n) is 9.83. The molecule has 4 rings (SSSR count). The predicted molar refractivity (Wildman–Crippen MR) is 110 cm³/mol. The Balaban J connectivity index is 1.50. The molecule has 1 aliphatic rings. The van der Waals surface area contributed by atoms with Crippen LogP contribution in [0.5, 0.6) is 5.75 Å². The molecule has 2 heterocycles. The van der Waals surface area contributed by atoms with E-state index in [0.29, 0.717) is 5.56 Å². The summed E-state index contributed by atoms with van der Waals surface area (Å²) in [6, 6.07) is 15.3. The van der Waals surface area contributed by atoms with E-state index < -0.39 is 0 Å². The van der Waals surface area contributed by atoms with Gasteiger partial charge in [-0.3, -0.25) is 9.69 Å². The van der Waals surface area contributed by atoms with Crippen molar-refractivity contribution in [2.24, 2.45) is 0 Å². The van der Waals surface area contributed by atoms with Crippen molar-refractivity contribution in [1.82, 2.24) is 9.47 Å². The van der Waals surface area contributed by atoms with Crippen molar-refractivity contribution >= 4 is 16.7 Å². The van der Waals surface area contributed by atoms with E-state index in [4.69, 9.17) is 9.47 Å². The molecule has 5 heteroatoms. The molecule has 0 unspecified atom stereocenters. The van der Waals surface area contributed by atoms with Crippen LogP contribution in [0, 0.1) is 0 Å². The lowest BCUT2D eigenvalue weighted by Gasteiger charge is -2.26. The minimum Gasteiger partial charge on any atom is -0.497 e. The number of benzene rings is 2. The van der Waals surface area contributed by atoms with Gasteiger partial charge in [0.15, 0.2) is 5.78 Å². The number of morpholine rings is 1. The summed E-state index contributed by atoms with van der Waals surface area (Å²) < 4.78 is 12.8. The van der Waals surface area contributed by atoms with Gasteiger partial charge in [-0.05, 0) is 42.8 Å². The van der Waals surface area contributed by atoms with Crippen LogP contribution in [0.1, 0.15) is 22.3 Å². The van der Waals surface area contributed by atoms with Gasteiger partial charge in [-0.25, -0.2) is 0 Å². The van der Waals surface area contributed by atoms with Crippen molar-refractivity contribution in [3.8, 4) is 5.75 Å². The summed E-state index contributed by atoms with van der Waals surface area (Å²) in [6.07, 6.45) is 3.18. The number of hydrogen-bond donors (Lipinski definition) is 0. The molecule has 1 aliphatic heterocycles. The molecule has 0 saturated carbocycles. The lowest BCUT2D eigenvalue weighted by molar-refractivity contribution is 0.0369. The van der Waals surface area contributed by atoms with Crippen LogP contribution in [0.2, 0.25) is 0 Å². The van der Waals surface area contributed by atoms with Crippen LogP contribution in [0.4, 0.5) is 0 Å². The van der Waals surface area contributed by atoms with Gasteiger partial charge in [0.1, 0.15) is 5.75 Å². The number of carbonyl (C=O) groups excluding carboxylic acids is 1. The Bertz CT molecular complexity index is 940. The van der Waals surface area contributed by atoms with Crippen LogP contribution in [0.3, 0.4) is 0 Å². The highest BCUT2D eigenvalue weighted by Gasteiger charge is 2.15. The van der Waals surface area contributed by atoms with Crippen LogP contribution >= 0.6 is 0 Å². The average Bonchev–Trinajstić information content (AvgIpc) is 3.17. The predicted octanol–water partition coefficient (Wildman–Crippen LogP) is 3.60. The van der Waals surface area contributed by atoms with Gasteiger partial charge in [-0.2, -0.15) is 0 Å². The first kappa shape index (κ1) is 18.7. The fourth-order valence-electron chi connectivity index (χ4n) is 3.80. The molecule has 1 fully saturated rings. The summed E-state index contributed by atoms with van der Waals surface area (Å²) in [7, 11) is 1.62. The molecular weight excluding hydrogens is 352 g/mol. The molecule has 0 spiro atoms. The van der Waals surface area contributed by atoms with Gasteiger partial charge in [0.2, 0.25) is 0 Å². The maximum atomic E-state index is 13.0. The van der Waals surface area contributed by atoms with Gasteiger partial charge in [0.05, 0.1) is 20.3 Å². The molecule has 5 nitrogen and oxygen atoms in total. The first-order valence-corrected chi connectivity index (χ1v) is 9.83. The zero-order valence-corrected chi connectivity index (χ0v) is 16.3. The molecule has 0 aliphatic carbocycles. The van der Waals surface area contributed by atoms with Crippen molar-refractivity contribution in [3.05, 3.63) is 65.9 Å². The third-order valence-corrected chi connectivity index (χ3v) is 5.39. The summed E-state index contributed by atoms with van der Waals surface area (Å²) in [5.41, 5.74) is 2.53. The molecule has 0 bridgehead atoms. The van der Waals surface area contributed by atoms with E-state index in [-0.39, 0.29) is 5.78 Å². The lowest BCUT2D eigenvalue weighted by atomic mass is 10.00. The van der Waals surface area contributed by atoms with Crippen molar-refractivity contribution in [2.75, 3.05) is 40.0 Å². The lowest BCUT2D eigenvalue weighted by Crippen LogP contribution is -2.37. The fourth-order valence-corrected chi connectivity index (χ4v) is 3.80. The normalized spacial score (nSPS) is 15.0. The number of hydrogen-bond acceptors (Lipinski definition) is 4. The number of ether oxygens (including phenoxy) is 2. The molecule has 0 N–H and O–H groups in total. The number of fused-ring (bicyclic) bond motifs is 1. The van der Waals surface area contributed by atoms with Crippen molar-refractivity contribution in [1.29, 1.82) is 0 Å². The van der Waals surface area contributed by atoms with E-state index >= 15 is 0 Å². The van der Waals surface area contributed by atoms with Gasteiger partial charge in [-0.1, -0.05) is 12.1 Å². The van der Waals surface area contributed by atoms with Crippen LogP contribution in [-0.2, 0) is 11.3 Å². The maximum absolute atomic E-state index is 13.0. The van der Waals surface area contributed by atoms with Crippen LogP contribution < -0.4 is 4.74 Å². The Morgan fingerprint density at radius 3 is 2.57 bits per heavy atom. The monoisotopic (exact) mass is 378 g/mol. The minimum atomic E-state index is 0.0410. The van der Waals surface area contributed by atoms with E-state index in [1.54, 1.807) is 7.11 Å². The number of rotatable bonds is 7. The van der Waals surface area contributed by atoms with Crippen LogP contribution in [0.15, 0.2) is 54.7 Å². The highest BCUT2D eigenvalue weighted by molar-refractivity contribution is 6.16. The van der Waals surface area contributed by atoms with Gasteiger partial charge in [-0.15, -0.1) is 0 Å². The van der Waals surface area contributed by atoms with Crippen LogP contribution in [0.25, 0.3) is 10.9 Å². The second-order valence-corrected chi connectivity index (χ2v) is 7.11. The molecule has 2 aromatic carbocycles. The zero-order chi connectivity index (χ0) is 19.3. The van der Waals surface area contributed by atoms with E-state index in [2.05, 4.69) is 27.8 Å². The highest BCUT2D eigenvalue weighted by Crippen LogP contribution is 2.24. The van der Waals surface area contributed by atoms with E-state index in [1.807, 2.05) is 36.4 Å². The van der Waals surface area contributed by atoms with Gasteiger partial charge >= 0.3 is 0 Å². The summed E-state index contributed by atoms with van der Waals surface area (Å²) in [5, 5.41) is 1.01. The third-order valence-electron chi connectivity index (χ3n) is 5.39. The number of ketones is 1. The quantitative estimate of drug-likeness (QED) is 0.589. The van der Waals surface area contributed by atoms with Crippen LogP contribution in [-0.4, -0.2) is 55.2 Å². The number of aryl methyl sites for hydroxylation is 1. The maximum Gasteiger partial charge on any atom is 0.193 e. The molecule has 0 atom stereocenters. The highest BCUT2D eigenvalue weighted by atomic mass is 16.5. The standard InChI is InChI=1S/C23H26N2O3/c1-27-19-8-6-18(7-9-19)23(26)21-4-2-5-22-20(21)10-13-25(22)12-3-11-24-14-16-28-17-15-24/h2,4-10,13H,3,11-12,14-17H2,1H3. The van der Waals surface area contributed by atoms with Crippen molar-refractivity contribution < 1.29 is 14.3 Å². The Kier molecular flexibility index (Phi) is 5.74. The number of aromatic nitrogens is 1. The van der Waals surface area contributed by atoms with Gasteiger partial charge in [0, 0.05) is 54.4 Å². The topological polar surface area (TPSA) is 43.7 Å². The van der Waals surface area contributed by atoms with Gasteiger partial charge < -0.3 is 14.0 Å². The third kappa shape index (κ3) is 3.96. The molecule has 146 valence electrons. The summed E-state index contributed by atoms with van der Waals surface area (Å²) in [4.78, 5) is 15.5. The average molecular weight is 378 g/mol. The molecule has 1 saturated heterocycles. The first-order chi connectivity index (χ1) is 13.8. The van der Waals surface area contributed by atoms with E-state index in [0.717, 1.165) is 68.0 Å². The number of nitrogens with zero attached hydrogens (tertiary/aromatic N) is 2.